The highest BCUT2D eigenvalue weighted by atomic mass is 19.1. The average molecular weight is 498 g/mol. The first-order valence-electron chi connectivity index (χ1n) is 11.3. The molecule has 188 valence electrons. The zero-order valence-corrected chi connectivity index (χ0v) is 19.8. The summed E-state index contributed by atoms with van der Waals surface area (Å²) in [4.78, 5) is 41.7. The second-order valence-corrected chi connectivity index (χ2v) is 8.87. The first kappa shape index (κ1) is 25.0. The molecule has 1 aromatic carbocycles. The van der Waals surface area contributed by atoms with Crippen LogP contribution in [-0.4, -0.2) is 46.0 Å². The molecule has 0 bridgehead atoms. The summed E-state index contributed by atoms with van der Waals surface area (Å²) in [5, 5.41) is 9.27. The van der Waals surface area contributed by atoms with E-state index in [-0.39, 0.29) is 36.1 Å². The van der Waals surface area contributed by atoms with Crippen molar-refractivity contribution in [2.24, 2.45) is 5.41 Å². The topological polar surface area (TPSA) is 115 Å². The van der Waals surface area contributed by atoms with Gasteiger partial charge in [-0.15, -0.1) is 0 Å². The number of ether oxygens (including phenoxy) is 1. The van der Waals surface area contributed by atoms with Gasteiger partial charge in [0.1, 0.15) is 17.2 Å². The van der Waals surface area contributed by atoms with Gasteiger partial charge in [0.15, 0.2) is 11.5 Å². The van der Waals surface area contributed by atoms with E-state index in [1.807, 2.05) is 13.0 Å². The van der Waals surface area contributed by atoms with Crippen LogP contribution in [0.15, 0.2) is 48.2 Å². The molecule has 2 amide bonds. The summed E-state index contributed by atoms with van der Waals surface area (Å²) in [6.07, 6.45) is 4.50. The lowest BCUT2D eigenvalue weighted by Gasteiger charge is -2.30. The van der Waals surface area contributed by atoms with Crippen LogP contribution in [0.5, 0.6) is 0 Å². The molecule has 0 aliphatic heterocycles. The van der Waals surface area contributed by atoms with Crippen LogP contribution in [0.4, 0.5) is 8.78 Å². The van der Waals surface area contributed by atoms with Crippen LogP contribution in [0.3, 0.4) is 0 Å². The quantitative estimate of drug-likeness (QED) is 0.383. The molecule has 1 aliphatic rings. The molecule has 0 fully saturated rings. The number of hydrogen-bond donors (Lipinski definition) is 2. The second kappa shape index (κ2) is 10.2. The number of amides is 2. The van der Waals surface area contributed by atoms with Crippen LogP contribution in [0.1, 0.15) is 52.7 Å². The Kier molecular flexibility index (Phi) is 7.09. The molecule has 36 heavy (non-hydrogen) atoms. The molecule has 2 N–H and O–H groups in total. The maximum absolute atomic E-state index is 14.3. The Morgan fingerprint density at radius 2 is 1.83 bits per heavy atom. The van der Waals surface area contributed by atoms with Crippen molar-refractivity contribution in [1.29, 1.82) is 0 Å². The van der Waals surface area contributed by atoms with E-state index in [2.05, 4.69) is 20.7 Å². The zero-order valence-electron chi connectivity index (χ0n) is 19.8. The number of benzene rings is 1. The largest absolute Gasteiger partial charge is 0.469 e. The van der Waals surface area contributed by atoms with Gasteiger partial charge in [0, 0.05) is 19.2 Å². The van der Waals surface area contributed by atoms with E-state index >= 15 is 0 Å². The van der Waals surface area contributed by atoms with Crippen molar-refractivity contribution in [3.63, 3.8) is 0 Å². The molecule has 2 heterocycles. The minimum Gasteiger partial charge on any atom is -0.469 e. The maximum atomic E-state index is 14.3. The number of nitrogens with zero attached hydrogens (tertiary/aromatic N) is 3. The molecule has 0 saturated heterocycles. The Morgan fingerprint density at radius 1 is 1.11 bits per heavy atom. The number of esters is 1. The summed E-state index contributed by atoms with van der Waals surface area (Å²) in [6.45, 7) is 2.15. The van der Waals surface area contributed by atoms with Crippen LogP contribution >= 0.6 is 0 Å². The summed E-state index contributed by atoms with van der Waals surface area (Å²) < 4.78 is 33.3. The lowest BCUT2D eigenvalue weighted by molar-refractivity contribution is -0.152. The maximum Gasteiger partial charge on any atom is 0.311 e. The van der Waals surface area contributed by atoms with Gasteiger partial charge in [-0.1, -0.05) is 23.8 Å². The third kappa shape index (κ3) is 5.24. The first-order chi connectivity index (χ1) is 17.2. The smallest absolute Gasteiger partial charge is 0.311 e. The lowest BCUT2D eigenvalue weighted by Crippen LogP contribution is -2.33. The molecule has 1 atom stereocenters. The molecule has 1 unspecified atom stereocenters. The van der Waals surface area contributed by atoms with Gasteiger partial charge in [0.05, 0.1) is 18.7 Å². The van der Waals surface area contributed by atoms with Gasteiger partial charge >= 0.3 is 5.97 Å². The van der Waals surface area contributed by atoms with Gasteiger partial charge in [-0.3, -0.25) is 14.4 Å². The van der Waals surface area contributed by atoms with Gasteiger partial charge in [0.2, 0.25) is 0 Å². The number of fused-ring (bicyclic) bond motifs is 1. The number of rotatable bonds is 7. The Morgan fingerprint density at radius 3 is 2.50 bits per heavy atom. The third-order valence-corrected chi connectivity index (χ3v) is 6.25. The number of carbonyl (C=O) groups is 3. The highest BCUT2D eigenvalue weighted by Crippen LogP contribution is 2.35. The number of allylic oxidation sites excluding steroid dienone is 1. The molecule has 9 nitrogen and oxygen atoms in total. The Bertz CT molecular complexity index is 1350. The first-order valence-corrected chi connectivity index (χ1v) is 11.3. The minimum atomic E-state index is -0.783. The van der Waals surface area contributed by atoms with Crippen molar-refractivity contribution in [1.82, 2.24) is 25.2 Å². The molecule has 11 heteroatoms. The van der Waals surface area contributed by atoms with E-state index in [0.29, 0.717) is 24.8 Å². The third-order valence-electron chi connectivity index (χ3n) is 6.25. The van der Waals surface area contributed by atoms with Crippen molar-refractivity contribution in [3.05, 3.63) is 76.8 Å². The minimum absolute atomic E-state index is 0.0633. The lowest BCUT2D eigenvalue weighted by atomic mass is 9.76. The molecule has 1 aliphatic carbocycles. The molecular weight excluding hydrogens is 472 g/mol. The van der Waals surface area contributed by atoms with Crippen LogP contribution in [0, 0.1) is 17.0 Å². The summed E-state index contributed by atoms with van der Waals surface area (Å²) in [5.41, 5.74) is 0.511. The molecule has 0 saturated carbocycles. The fourth-order valence-electron chi connectivity index (χ4n) is 3.98. The SMILES string of the molecule is COC(=O)C1(C)CC=C(CNC(=O)c2cc(C(=O)NCc3ccc(F)cc3)nc3c(F)cnn23)CC1. The number of hydrogen-bond acceptors (Lipinski definition) is 6. The highest BCUT2D eigenvalue weighted by Gasteiger charge is 2.35. The van der Waals surface area contributed by atoms with Gasteiger partial charge in [0.25, 0.3) is 11.8 Å². The Hall–Kier alpha value is -4.15. The molecule has 2 aromatic heterocycles. The van der Waals surface area contributed by atoms with Crippen LogP contribution in [0.25, 0.3) is 5.65 Å². The summed E-state index contributed by atoms with van der Waals surface area (Å²) in [6, 6.07) is 6.82. The van der Waals surface area contributed by atoms with E-state index in [0.717, 1.165) is 16.3 Å². The van der Waals surface area contributed by atoms with E-state index in [9.17, 15) is 23.2 Å². The predicted molar refractivity (Wildman–Crippen MR) is 125 cm³/mol. The van der Waals surface area contributed by atoms with Gasteiger partial charge in [-0.05, 0) is 43.9 Å². The fraction of sp³-hybridized carbons (Fsp3) is 0.320. The number of halogens is 2. The van der Waals surface area contributed by atoms with Crippen LogP contribution in [-0.2, 0) is 16.1 Å². The van der Waals surface area contributed by atoms with Gasteiger partial charge in [-0.2, -0.15) is 5.10 Å². The fourth-order valence-corrected chi connectivity index (χ4v) is 3.98. The molecule has 0 radical (unpaired) electrons. The molecular formula is C25H25F2N5O4. The second-order valence-electron chi connectivity index (χ2n) is 8.87. The normalized spacial score (nSPS) is 17.4. The predicted octanol–water partition coefficient (Wildman–Crippen LogP) is 2.96. The van der Waals surface area contributed by atoms with E-state index in [1.54, 1.807) is 0 Å². The van der Waals surface area contributed by atoms with Crippen LogP contribution in [0.2, 0.25) is 0 Å². The van der Waals surface area contributed by atoms with Crippen LogP contribution < -0.4 is 10.6 Å². The van der Waals surface area contributed by atoms with Gasteiger partial charge in [-0.25, -0.2) is 18.3 Å². The molecule has 3 aromatic rings. The van der Waals surface area contributed by atoms with Gasteiger partial charge < -0.3 is 15.4 Å². The number of methoxy groups -OCH3 is 1. The van der Waals surface area contributed by atoms with Crippen molar-refractivity contribution >= 4 is 23.4 Å². The van der Waals surface area contributed by atoms with Crippen molar-refractivity contribution < 1.29 is 27.9 Å². The summed E-state index contributed by atoms with van der Waals surface area (Å²) >= 11 is 0. The van der Waals surface area contributed by atoms with Crippen molar-refractivity contribution in [3.8, 4) is 0 Å². The molecule has 4 rings (SSSR count). The highest BCUT2D eigenvalue weighted by molar-refractivity contribution is 5.98. The van der Waals surface area contributed by atoms with Crippen molar-refractivity contribution in [2.75, 3.05) is 13.7 Å². The van der Waals surface area contributed by atoms with E-state index in [1.165, 1.54) is 37.4 Å². The standard InChI is InChI=1S/C25H25F2N5O4/c1-25(24(35)36-2)9-7-16(8-10-25)13-29-23(34)20-11-19(31-21-18(27)14-30-32(20)21)22(33)28-12-15-3-5-17(26)6-4-15/h3-7,11,14H,8-10,12-13H2,1-2H3,(H,28,33)(H,29,34). The Labute approximate surface area is 205 Å². The summed E-state index contributed by atoms with van der Waals surface area (Å²) in [5.74, 6) is -2.65. The number of nitrogens with one attached hydrogen (secondary N) is 2. The zero-order chi connectivity index (χ0) is 25.9. The number of aromatic nitrogens is 3. The molecule has 0 spiro atoms. The Balaban J connectivity index is 1.48. The monoisotopic (exact) mass is 497 g/mol. The average Bonchev–Trinajstić information content (AvgIpc) is 3.27. The van der Waals surface area contributed by atoms with Crippen molar-refractivity contribution in [2.45, 2.75) is 32.7 Å². The summed E-state index contributed by atoms with van der Waals surface area (Å²) in [7, 11) is 1.36. The van der Waals surface area contributed by atoms with E-state index in [4.69, 9.17) is 4.74 Å². The number of carbonyl (C=O) groups excluding carboxylic acids is 3. The van der Waals surface area contributed by atoms with E-state index < -0.39 is 28.9 Å².